The second kappa shape index (κ2) is 9.45. The summed E-state index contributed by atoms with van der Waals surface area (Å²) in [5.41, 5.74) is 2.53. The number of carbonyl (C=O) groups is 2. The summed E-state index contributed by atoms with van der Waals surface area (Å²) < 4.78 is 0. The molecule has 5 nitrogen and oxygen atoms in total. The van der Waals surface area contributed by atoms with Gasteiger partial charge in [0.1, 0.15) is 6.42 Å². The van der Waals surface area contributed by atoms with Crippen molar-refractivity contribution in [3.05, 3.63) is 64.7 Å². The van der Waals surface area contributed by atoms with Crippen molar-refractivity contribution in [2.45, 2.75) is 25.8 Å². The largest absolute Gasteiger partial charge is 0.352 e. The molecule has 0 radical (unpaired) electrons. The van der Waals surface area contributed by atoms with Gasteiger partial charge in [-0.1, -0.05) is 35.9 Å². The van der Waals surface area contributed by atoms with Crippen LogP contribution >= 0.6 is 11.6 Å². The van der Waals surface area contributed by atoms with Crippen molar-refractivity contribution in [1.82, 2.24) is 5.32 Å². The molecule has 2 amide bonds. The number of nitrogens with one attached hydrogen (secondary N) is 2. The van der Waals surface area contributed by atoms with Crippen LogP contribution in [-0.4, -0.2) is 11.8 Å². The third-order valence-electron chi connectivity index (χ3n) is 3.49. The van der Waals surface area contributed by atoms with Crippen LogP contribution in [0.2, 0.25) is 5.02 Å². The van der Waals surface area contributed by atoms with Gasteiger partial charge >= 0.3 is 0 Å². The van der Waals surface area contributed by atoms with Gasteiger partial charge in [0.05, 0.1) is 6.07 Å². The summed E-state index contributed by atoms with van der Waals surface area (Å²) in [6, 6.07) is 16.4. The normalized spacial score (nSPS) is 9.92. The zero-order chi connectivity index (χ0) is 18.1. The standard InChI is InChI=1S/C19H18ClN3O2/c20-16-7-4-14(5-8-16)6-9-18(24)22-13-15-2-1-3-17(12-15)23-19(25)10-11-21/h1-5,7-8,12H,6,9-10,13H2,(H,22,24)(H,23,25). The third-order valence-corrected chi connectivity index (χ3v) is 3.75. The Hall–Kier alpha value is -2.84. The number of halogens is 1. The number of carbonyl (C=O) groups excluding carboxylic acids is 2. The van der Waals surface area contributed by atoms with Crippen molar-refractivity contribution in [3.63, 3.8) is 0 Å². The van der Waals surface area contributed by atoms with E-state index in [2.05, 4.69) is 10.6 Å². The van der Waals surface area contributed by atoms with Crippen LogP contribution in [0.25, 0.3) is 0 Å². The minimum absolute atomic E-state index is 0.0473. The first-order valence-corrected chi connectivity index (χ1v) is 8.21. The van der Waals surface area contributed by atoms with Crippen LogP contribution < -0.4 is 10.6 Å². The first kappa shape index (κ1) is 18.5. The number of nitrogens with zero attached hydrogens (tertiary/aromatic N) is 1. The average Bonchev–Trinajstić information content (AvgIpc) is 2.60. The van der Waals surface area contributed by atoms with Gasteiger partial charge in [0.15, 0.2) is 0 Å². The van der Waals surface area contributed by atoms with Crippen LogP contribution in [0.4, 0.5) is 5.69 Å². The molecule has 0 saturated carbocycles. The Bertz CT molecular complexity index is 782. The minimum Gasteiger partial charge on any atom is -0.352 e. The van der Waals surface area contributed by atoms with E-state index in [4.69, 9.17) is 16.9 Å². The molecule has 6 heteroatoms. The molecule has 0 spiro atoms. The summed E-state index contributed by atoms with van der Waals surface area (Å²) in [4.78, 5) is 23.4. The van der Waals surface area contributed by atoms with Crippen molar-refractivity contribution in [2.24, 2.45) is 0 Å². The molecular weight excluding hydrogens is 338 g/mol. The lowest BCUT2D eigenvalue weighted by Gasteiger charge is -2.08. The van der Waals surface area contributed by atoms with Crippen LogP contribution in [0.15, 0.2) is 48.5 Å². The Morgan fingerprint density at radius 2 is 1.80 bits per heavy atom. The molecule has 25 heavy (non-hydrogen) atoms. The zero-order valence-corrected chi connectivity index (χ0v) is 14.3. The van der Waals surface area contributed by atoms with Crippen LogP contribution in [0.5, 0.6) is 0 Å². The first-order valence-electron chi connectivity index (χ1n) is 7.83. The average molecular weight is 356 g/mol. The number of nitriles is 1. The number of hydrogen-bond acceptors (Lipinski definition) is 3. The highest BCUT2D eigenvalue weighted by molar-refractivity contribution is 6.30. The van der Waals surface area contributed by atoms with E-state index in [9.17, 15) is 9.59 Å². The molecule has 128 valence electrons. The highest BCUT2D eigenvalue weighted by atomic mass is 35.5. The fourth-order valence-corrected chi connectivity index (χ4v) is 2.36. The minimum atomic E-state index is -0.355. The lowest BCUT2D eigenvalue weighted by Crippen LogP contribution is -2.23. The van der Waals surface area contributed by atoms with Gasteiger partial charge in [-0.25, -0.2) is 0 Å². The van der Waals surface area contributed by atoms with Gasteiger partial charge in [0, 0.05) is 23.7 Å². The maximum atomic E-state index is 12.0. The molecule has 0 saturated heterocycles. The smallest absolute Gasteiger partial charge is 0.238 e. The summed E-state index contributed by atoms with van der Waals surface area (Å²) in [5, 5.41) is 14.7. The zero-order valence-electron chi connectivity index (χ0n) is 13.6. The van der Waals surface area contributed by atoms with Crippen molar-refractivity contribution in [2.75, 3.05) is 5.32 Å². The quantitative estimate of drug-likeness (QED) is 0.798. The van der Waals surface area contributed by atoms with E-state index in [-0.39, 0.29) is 18.2 Å². The van der Waals surface area contributed by atoms with Gasteiger partial charge < -0.3 is 10.6 Å². The van der Waals surface area contributed by atoms with E-state index in [1.807, 2.05) is 18.2 Å². The summed E-state index contributed by atoms with van der Waals surface area (Å²) >= 11 is 5.83. The summed E-state index contributed by atoms with van der Waals surface area (Å²) in [5.74, 6) is -0.402. The number of aryl methyl sites for hydroxylation is 1. The molecule has 0 fully saturated rings. The Morgan fingerprint density at radius 3 is 2.52 bits per heavy atom. The van der Waals surface area contributed by atoms with Crippen LogP contribution in [0.1, 0.15) is 24.0 Å². The Kier molecular flexibility index (Phi) is 7.00. The van der Waals surface area contributed by atoms with Crippen molar-refractivity contribution in [1.29, 1.82) is 5.26 Å². The highest BCUT2D eigenvalue weighted by Gasteiger charge is 2.05. The lowest BCUT2D eigenvalue weighted by atomic mass is 10.1. The monoisotopic (exact) mass is 355 g/mol. The van der Waals surface area contributed by atoms with E-state index in [1.54, 1.807) is 36.4 Å². The topological polar surface area (TPSA) is 82.0 Å². The van der Waals surface area contributed by atoms with Gasteiger partial charge in [0.2, 0.25) is 11.8 Å². The van der Waals surface area contributed by atoms with Crippen LogP contribution in [0, 0.1) is 11.3 Å². The predicted molar refractivity (Wildman–Crippen MR) is 96.9 cm³/mol. The van der Waals surface area contributed by atoms with Gasteiger partial charge in [-0.3, -0.25) is 9.59 Å². The highest BCUT2D eigenvalue weighted by Crippen LogP contribution is 2.12. The third kappa shape index (κ3) is 6.66. The van der Waals surface area contributed by atoms with E-state index < -0.39 is 0 Å². The molecular formula is C19H18ClN3O2. The second-order valence-electron chi connectivity index (χ2n) is 5.49. The predicted octanol–water partition coefficient (Wildman–Crippen LogP) is 3.44. The maximum Gasteiger partial charge on any atom is 0.238 e. The number of anilines is 1. The van der Waals surface area contributed by atoms with Gasteiger partial charge in [-0.15, -0.1) is 0 Å². The molecule has 0 atom stereocenters. The first-order chi connectivity index (χ1) is 12.1. The fraction of sp³-hybridized carbons (Fsp3) is 0.211. The SMILES string of the molecule is N#CCC(=O)Nc1cccc(CNC(=O)CCc2ccc(Cl)cc2)c1. The van der Waals surface area contributed by atoms with Crippen molar-refractivity contribution >= 4 is 29.1 Å². The molecule has 0 heterocycles. The van der Waals surface area contributed by atoms with E-state index >= 15 is 0 Å². The van der Waals surface area contributed by atoms with E-state index in [0.717, 1.165) is 11.1 Å². The van der Waals surface area contributed by atoms with Gasteiger partial charge in [-0.05, 0) is 41.8 Å². The number of benzene rings is 2. The van der Waals surface area contributed by atoms with Gasteiger partial charge in [0.25, 0.3) is 0 Å². The molecule has 0 bridgehead atoms. The van der Waals surface area contributed by atoms with Crippen molar-refractivity contribution < 1.29 is 9.59 Å². The summed E-state index contributed by atoms with van der Waals surface area (Å²) in [6.45, 7) is 0.376. The van der Waals surface area contributed by atoms with Crippen molar-refractivity contribution in [3.8, 4) is 6.07 Å². The summed E-state index contributed by atoms with van der Waals surface area (Å²) in [7, 11) is 0. The Balaban J connectivity index is 1.80. The molecule has 2 N–H and O–H groups in total. The lowest BCUT2D eigenvalue weighted by molar-refractivity contribution is -0.121. The summed E-state index contributed by atoms with van der Waals surface area (Å²) in [6.07, 6.45) is 0.846. The molecule has 0 aliphatic carbocycles. The molecule has 2 rings (SSSR count). The second-order valence-corrected chi connectivity index (χ2v) is 5.92. The van der Waals surface area contributed by atoms with Crippen LogP contribution in [-0.2, 0) is 22.6 Å². The molecule has 2 aromatic rings. The number of rotatable bonds is 7. The van der Waals surface area contributed by atoms with Gasteiger partial charge in [-0.2, -0.15) is 5.26 Å². The number of amides is 2. The fourth-order valence-electron chi connectivity index (χ4n) is 2.23. The molecule has 0 aliphatic heterocycles. The molecule has 0 unspecified atom stereocenters. The van der Waals surface area contributed by atoms with Crippen LogP contribution in [0.3, 0.4) is 0 Å². The molecule has 0 aromatic heterocycles. The molecule has 2 aromatic carbocycles. The Morgan fingerprint density at radius 1 is 1.04 bits per heavy atom. The Labute approximate surface area is 151 Å². The van der Waals surface area contributed by atoms with E-state index in [0.29, 0.717) is 30.1 Å². The maximum absolute atomic E-state index is 12.0. The molecule has 0 aliphatic rings. The van der Waals surface area contributed by atoms with E-state index in [1.165, 1.54) is 0 Å². The number of hydrogen-bond donors (Lipinski definition) is 2.